The van der Waals surface area contributed by atoms with Gasteiger partial charge in [-0.25, -0.2) is 4.79 Å². The van der Waals surface area contributed by atoms with E-state index in [4.69, 9.17) is 14.2 Å². The van der Waals surface area contributed by atoms with Crippen molar-refractivity contribution in [3.8, 4) is 0 Å². The normalized spacial score (nSPS) is 35.8. The van der Waals surface area contributed by atoms with Crippen molar-refractivity contribution in [1.29, 1.82) is 0 Å². The Morgan fingerprint density at radius 2 is 1.86 bits per heavy atom. The van der Waals surface area contributed by atoms with Gasteiger partial charge in [-0.15, -0.1) is 0 Å². The number of ether oxygens (including phenoxy) is 3. The minimum absolute atomic E-state index is 0.173. The predicted molar refractivity (Wildman–Crippen MR) is 174 cm³/mol. The maximum Gasteiger partial charge on any atom is 0.408 e. The molecule has 10 heteroatoms. The molecule has 0 spiro atoms. The second-order valence-electron chi connectivity index (χ2n) is 13.2. The Morgan fingerprint density at radius 3 is 2.59 bits per heavy atom. The molecule has 1 amide bonds. The molecular weight excluding hydrogens is 557 g/mol. The standard InChI is InChI=1S/C34H48BN3O6/c1-8-27-34(7)30(38-32(41)44-34)23(5)36-18-20(2)17-33(6,29(35)21(3)28(39)22(4)31(40)43-27)42-15-11-12-24-16-25-13-9-10-14-26(25)37-19-24/h9-14,16,19-23,27,29-30,36H,8,15,17-18,35H2,1-7H3,(H,38,41)/b12-11+/t20-,21+,22?,23-,27-,29-,30-,33-,34-/m1/s1. The molecule has 0 bridgehead atoms. The fraction of sp³-hybridized carbons (Fsp3) is 0.588. The molecule has 1 aromatic carbocycles. The number of alkyl carbamates (subject to hydrolysis) is 1. The molecule has 9 nitrogen and oxygen atoms in total. The van der Waals surface area contributed by atoms with Crippen molar-refractivity contribution in [3.63, 3.8) is 0 Å². The maximum atomic E-state index is 13.7. The monoisotopic (exact) mass is 605 g/mol. The van der Waals surface area contributed by atoms with E-state index in [1.807, 2.05) is 71.2 Å². The number of amides is 1. The number of fused-ring (bicyclic) bond motifs is 2. The van der Waals surface area contributed by atoms with Crippen molar-refractivity contribution in [2.45, 2.75) is 96.5 Å². The van der Waals surface area contributed by atoms with Gasteiger partial charge in [-0.2, -0.15) is 0 Å². The Hall–Kier alpha value is -3.24. The number of cyclic esters (lactones) is 1. The number of ketones is 1. The lowest BCUT2D eigenvalue weighted by Crippen LogP contribution is -2.60. The molecule has 2 aliphatic rings. The van der Waals surface area contributed by atoms with Gasteiger partial charge in [0, 0.05) is 23.5 Å². The van der Waals surface area contributed by atoms with E-state index in [2.05, 4.69) is 35.5 Å². The maximum absolute atomic E-state index is 13.7. The minimum Gasteiger partial charge on any atom is -0.458 e. The van der Waals surface area contributed by atoms with E-state index < -0.39 is 47.2 Å². The van der Waals surface area contributed by atoms with Crippen molar-refractivity contribution in [1.82, 2.24) is 15.6 Å². The second-order valence-corrected chi connectivity index (χ2v) is 13.2. The van der Waals surface area contributed by atoms with Crippen LogP contribution in [0.5, 0.6) is 0 Å². The van der Waals surface area contributed by atoms with Gasteiger partial charge in [0.1, 0.15) is 25.7 Å². The number of pyridine rings is 1. The molecular formula is C34H48BN3O6. The molecule has 2 N–H and O–H groups in total. The predicted octanol–water partition coefficient (Wildman–Crippen LogP) is 4.49. The van der Waals surface area contributed by atoms with E-state index in [-0.39, 0.29) is 23.6 Å². The van der Waals surface area contributed by atoms with Gasteiger partial charge in [-0.1, -0.05) is 51.1 Å². The fourth-order valence-corrected chi connectivity index (χ4v) is 6.83. The van der Waals surface area contributed by atoms with Gasteiger partial charge in [0.15, 0.2) is 5.60 Å². The van der Waals surface area contributed by atoms with Crippen LogP contribution in [0.2, 0.25) is 5.82 Å². The summed E-state index contributed by atoms with van der Waals surface area (Å²) in [5, 5.41) is 7.57. The molecule has 238 valence electrons. The second kappa shape index (κ2) is 13.8. The number of nitrogens with zero attached hydrogens (tertiary/aromatic N) is 1. The Morgan fingerprint density at radius 1 is 1.14 bits per heavy atom. The Labute approximate surface area is 262 Å². The van der Waals surface area contributed by atoms with Gasteiger partial charge in [0.2, 0.25) is 0 Å². The van der Waals surface area contributed by atoms with Gasteiger partial charge < -0.3 is 24.8 Å². The zero-order valence-corrected chi connectivity index (χ0v) is 27.4. The molecule has 1 unspecified atom stereocenters. The summed E-state index contributed by atoms with van der Waals surface area (Å²) in [6, 6.07) is 9.48. The van der Waals surface area contributed by atoms with Crippen LogP contribution in [0.15, 0.2) is 42.6 Å². The van der Waals surface area contributed by atoms with Crippen LogP contribution in [0, 0.1) is 17.8 Å². The number of Topliss-reactive ketones (excluding diaryl/α,β-unsaturated/α-hetero) is 1. The molecule has 44 heavy (non-hydrogen) atoms. The first kappa shape index (κ1) is 33.7. The third-order valence-corrected chi connectivity index (χ3v) is 9.89. The molecule has 4 rings (SSSR count). The number of para-hydroxylation sites is 1. The van der Waals surface area contributed by atoms with Crippen molar-refractivity contribution in [2.75, 3.05) is 13.2 Å². The number of carbonyl (C=O) groups excluding carboxylic acids is 3. The summed E-state index contributed by atoms with van der Waals surface area (Å²) in [6.07, 6.45) is 5.66. The molecule has 2 saturated heterocycles. The van der Waals surface area contributed by atoms with E-state index >= 15 is 0 Å². The summed E-state index contributed by atoms with van der Waals surface area (Å²) < 4.78 is 18.3. The molecule has 0 radical (unpaired) electrons. The molecule has 2 fully saturated rings. The van der Waals surface area contributed by atoms with Crippen LogP contribution >= 0.6 is 0 Å². The van der Waals surface area contributed by atoms with Crippen LogP contribution in [-0.4, -0.2) is 73.2 Å². The van der Waals surface area contributed by atoms with E-state index in [9.17, 15) is 14.4 Å². The molecule has 9 atom stereocenters. The summed E-state index contributed by atoms with van der Waals surface area (Å²) in [7, 11) is 2.03. The highest BCUT2D eigenvalue weighted by Gasteiger charge is 2.54. The first-order valence-electron chi connectivity index (χ1n) is 15.9. The number of hydrogen-bond acceptors (Lipinski definition) is 8. The first-order chi connectivity index (χ1) is 20.8. The summed E-state index contributed by atoms with van der Waals surface area (Å²) in [5.41, 5.74) is 0.170. The lowest BCUT2D eigenvalue weighted by molar-refractivity contribution is -0.169. The van der Waals surface area contributed by atoms with Crippen molar-refractivity contribution in [2.24, 2.45) is 17.8 Å². The number of carbonyl (C=O) groups is 3. The number of nitrogens with one attached hydrogen (secondary N) is 2. The Kier molecular flexibility index (Phi) is 10.6. The van der Waals surface area contributed by atoms with Crippen LogP contribution in [-0.2, 0) is 23.8 Å². The van der Waals surface area contributed by atoms with Crippen molar-refractivity contribution >= 4 is 42.7 Å². The number of rotatable bonds is 5. The summed E-state index contributed by atoms with van der Waals surface area (Å²) in [6.45, 7) is 14.4. The van der Waals surface area contributed by atoms with Gasteiger partial charge in [0.05, 0.1) is 23.8 Å². The number of esters is 1. The van der Waals surface area contributed by atoms with Gasteiger partial charge in [-0.05, 0) is 76.5 Å². The Balaban J connectivity index is 1.57. The zero-order chi connectivity index (χ0) is 32.2. The third-order valence-electron chi connectivity index (χ3n) is 9.89. The molecule has 0 aliphatic carbocycles. The quantitative estimate of drug-likeness (QED) is 0.291. The van der Waals surface area contributed by atoms with E-state index in [1.54, 1.807) is 13.8 Å². The summed E-state index contributed by atoms with van der Waals surface area (Å²) in [4.78, 5) is 44.0. The number of aromatic nitrogens is 1. The van der Waals surface area contributed by atoms with Crippen LogP contribution < -0.4 is 10.6 Å². The van der Waals surface area contributed by atoms with E-state index in [0.717, 1.165) is 16.5 Å². The molecule has 2 aliphatic heterocycles. The largest absolute Gasteiger partial charge is 0.458 e. The highest BCUT2D eigenvalue weighted by atomic mass is 16.6. The third kappa shape index (κ3) is 7.18. The molecule has 2 aromatic rings. The van der Waals surface area contributed by atoms with Crippen molar-refractivity contribution in [3.05, 3.63) is 48.2 Å². The summed E-state index contributed by atoms with van der Waals surface area (Å²) in [5.74, 6) is -2.25. The smallest absolute Gasteiger partial charge is 0.408 e. The highest BCUT2D eigenvalue weighted by molar-refractivity contribution is 6.15. The van der Waals surface area contributed by atoms with Gasteiger partial charge in [-0.3, -0.25) is 14.6 Å². The zero-order valence-electron chi connectivity index (χ0n) is 27.4. The van der Waals surface area contributed by atoms with E-state index in [0.29, 0.717) is 26.0 Å². The average Bonchev–Trinajstić information content (AvgIpc) is 3.32. The van der Waals surface area contributed by atoms with Crippen LogP contribution in [0.1, 0.15) is 66.9 Å². The Bertz CT molecular complexity index is 1390. The van der Waals surface area contributed by atoms with Gasteiger partial charge in [0.25, 0.3) is 0 Å². The number of hydrogen-bond donors (Lipinski definition) is 2. The lowest BCUT2D eigenvalue weighted by atomic mass is 9.62. The highest BCUT2D eigenvalue weighted by Crippen LogP contribution is 2.39. The van der Waals surface area contributed by atoms with E-state index in [1.165, 1.54) is 0 Å². The summed E-state index contributed by atoms with van der Waals surface area (Å²) >= 11 is 0. The minimum atomic E-state index is -1.09. The lowest BCUT2D eigenvalue weighted by Gasteiger charge is -2.41. The van der Waals surface area contributed by atoms with Crippen LogP contribution in [0.4, 0.5) is 4.79 Å². The van der Waals surface area contributed by atoms with Gasteiger partial charge >= 0.3 is 12.1 Å². The van der Waals surface area contributed by atoms with Crippen LogP contribution in [0.3, 0.4) is 0 Å². The molecule has 1 aromatic heterocycles. The first-order valence-corrected chi connectivity index (χ1v) is 15.9. The van der Waals surface area contributed by atoms with Crippen molar-refractivity contribution < 1.29 is 28.6 Å². The molecule has 3 heterocycles. The number of benzene rings is 1. The fourth-order valence-electron chi connectivity index (χ4n) is 6.83. The SMILES string of the molecule is B[C@@H]1[C@@H](C)C(=O)C(C)C(=O)O[C@H](CC)[C@@]2(C)OC(=O)N[C@@H]2[C@@H](C)NC[C@H](C)C[C@@]1(C)OC/C=C/c1cnc2ccccc2c1. The topological polar surface area (TPSA) is 116 Å². The average molecular weight is 606 g/mol. The molecule has 0 saturated carbocycles. The van der Waals surface area contributed by atoms with Crippen LogP contribution in [0.25, 0.3) is 17.0 Å².